The second-order valence-corrected chi connectivity index (χ2v) is 7.44. The molecule has 2 atom stereocenters. The van der Waals surface area contributed by atoms with Crippen LogP contribution < -0.4 is 0 Å². The predicted molar refractivity (Wildman–Crippen MR) is 99.4 cm³/mol. The van der Waals surface area contributed by atoms with Crippen LogP contribution in [0.5, 0.6) is 0 Å². The summed E-state index contributed by atoms with van der Waals surface area (Å²) in [5, 5.41) is 10.1. The van der Waals surface area contributed by atoms with Gasteiger partial charge in [0.05, 0.1) is 12.0 Å². The fourth-order valence-electron chi connectivity index (χ4n) is 3.37. The molecular formula is C19H19BrClNO2. The molecule has 1 saturated heterocycles. The van der Waals surface area contributed by atoms with Gasteiger partial charge in [-0.2, -0.15) is 0 Å². The Hall–Kier alpha value is -1.36. The maximum absolute atomic E-state index is 11.5. The summed E-state index contributed by atoms with van der Waals surface area (Å²) < 4.78 is 1.03. The van der Waals surface area contributed by atoms with E-state index in [1.54, 1.807) is 0 Å². The van der Waals surface area contributed by atoms with E-state index < -0.39 is 5.97 Å². The topological polar surface area (TPSA) is 40.5 Å². The summed E-state index contributed by atoms with van der Waals surface area (Å²) in [6.45, 7) is 1.45. The van der Waals surface area contributed by atoms with E-state index in [1.807, 2.05) is 42.5 Å². The van der Waals surface area contributed by atoms with E-state index in [1.165, 1.54) is 0 Å². The van der Waals surface area contributed by atoms with Crippen LogP contribution in [0.2, 0.25) is 5.02 Å². The van der Waals surface area contributed by atoms with Crippen molar-refractivity contribution < 1.29 is 9.90 Å². The molecule has 0 aliphatic carbocycles. The van der Waals surface area contributed by atoms with Crippen molar-refractivity contribution in [2.45, 2.75) is 18.9 Å². The van der Waals surface area contributed by atoms with Crippen LogP contribution in [0.1, 0.15) is 30.0 Å². The first-order chi connectivity index (χ1) is 11.6. The van der Waals surface area contributed by atoms with E-state index in [-0.39, 0.29) is 12.0 Å². The Morgan fingerprint density at radius 2 is 1.92 bits per heavy atom. The largest absolute Gasteiger partial charge is 0.481 e. The van der Waals surface area contributed by atoms with Crippen LogP contribution in [0.4, 0.5) is 0 Å². The Labute approximate surface area is 155 Å². The Morgan fingerprint density at radius 3 is 2.58 bits per heavy atom. The molecule has 1 fully saturated rings. The first-order valence-electron chi connectivity index (χ1n) is 8.03. The summed E-state index contributed by atoms with van der Waals surface area (Å²) in [7, 11) is 0. The number of carboxylic acid groups (broad SMARTS) is 1. The minimum Gasteiger partial charge on any atom is -0.481 e. The van der Waals surface area contributed by atoms with Crippen molar-refractivity contribution in [1.82, 2.24) is 4.90 Å². The van der Waals surface area contributed by atoms with E-state index in [0.717, 1.165) is 35.0 Å². The average Bonchev–Trinajstić information content (AvgIpc) is 2.59. The highest BCUT2D eigenvalue weighted by Gasteiger charge is 2.31. The number of aliphatic carboxylic acids is 1. The Morgan fingerprint density at radius 1 is 1.21 bits per heavy atom. The van der Waals surface area contributed by atoms with Crippen molar-refractivity contribution in [2.24, 2.45) is 5.92 Å². The minimum atomic E-state index is -0.707. The zero-order valence-electron chi connectivity index (χ0n) is 13.2. The zero-order valence-corrected chi connectivity index (χ0v) is 15.5. The number of hydrogen-bond donors (Lipinski definition) is 1. The zero-order chi connectivity index (χ0) is 17.1. The van der Waals surface area contributed by atoms with Crippen LogP contribution in [-0.4, -0.2) is 29.1 Å². The Kier molecular flexibility index (Phi) is 5.59. The normalized spacial score (nSPS) is 19.8. The van der Waals surface area contributed by atoms with Gasteiger partial charge in [-0.1, -0.05) is 57.9 Å². The van der Waals surface area contributed by atoms with Gasteiger partial charge in [-0.3, -0.25) is 9.69 Å². The molecule has 1 N–H and O–H groups in total. The third kappa shape index (κ3) is 3.82. The molecule has 2 aromatic carbocycles. The lowest BCUT2D eigenvalue weighted by Crippen LogP contribution is -2.41. The summed E-state index contributed by atoms with van der Waals surface area (Å²) in [5.74, 6) is -1.02. The molecule has 3 nitrogen and oxygen atoms in total. The second kappa shape index (κ2) is 7.68. The van der Waals surface area contributed by atoms with Crippen molar-refractivity contribution in [2.75, 3.05) is 13.1 Å². The summed E-state index contributed by atoms with van der Waals surface area (Å²) in [5.41, 5.74) is 2.27. The highest BCUT2D eigenvalue weighted by Crippen LogP contribution is 2.36. The van der Waals surface area contributed by atoms with Crippen molar-refractivity contribution in [1.29, 1.82) is 0 Å². The molecule has 1 aliphatic rings. The molecule has 0 bridgehead atoms. The van der Waals surface area contributed by atoms with E-state index in [4.69, 9.17) is 11.6 Å². The first-order valence-corrected chi connectivity index (χ1v) is 9.20. The van der Waals surface area contributed by atoms with Gasteiger partial charge in [-0.05, 0) is 48.7 Å². The first kappa shape index (κ1) is 17.5. The number of likely N-dealkylation sites (tertiary alicyclic amines) is 1. The average molecular weight is 409 g/mol. The van der Waals surface area contributed by atoms with E-state index in [0.29, 0.717) is 11.6 Å². The summed E-state index contributed by atoms with van der Waals surface area (Å²) in [6, 6.07) is 16.0. The number of hydrogen-bond acceptors (Lipinski definition) is 2. The van der Waals surface area contributed by atoms with Crippen LogP contribution in [0.25, 0.3) is 0 Å². The molecule has 126 valence electrons. The van der Waals surface area contributed by atoms with Gasteiger partial charge in [0.25, 0.3) is 0 Å². The SMILES string of the molecule is O=C(O)C1CCCN(C(c2ccc(Cl)cc2)c2ccccc2Br)C1. The number of halogens is 2. The molecule has 1 aliphatic heterocycles. The van der Waals surface area contributed by atoms with Crippen LogP contribution in [-0.2, 0) is 4.79 Å². The second-order valence-electron chi connectivity index (χ2n) is 6.15. The molecule has 0 saturated carbocycles. The third-order valence-electron chi connectivity index (χ3n) is 4.55. The van der Waals surface area contributed by atoms with Gasteiger partial charge < -0.3 is 5.11 Å². The van der Waals surface area contributed by atoms with Gasteiger partial charge in [-0.15, -0.1) is 0 Å². The monoisotopic (exact) mass is 407 g/mol. The van der Waals surface area contributed by atoms with Crippen molar-refractivity contribution >= 4 is 33.5 Å². The molecule has 0 spiro atoms. The summed E-state index contributed by atoms with van der Waals surface area (Å²) in [6.07, 6.45) is 1.64. The molecule has 2 unspecified atom stereocenters. The van der Waals surface area contributed by atoms with Crippen molar-refractivity contribution in [3.05, 3.63) is 69.2 Å². The molecule has 0 amide bonds. The minimum absolute atomic E-state index is 0.0139. The van der Waals surface area contributed by atoms with Crippen LogP contribution in [0, 0.1) is 5.92 Å². The van der Waals surface area contributed by atoms with E-state index >= 15 is 0 Å². The number of rotatable bonds is 4. The smallest absolute Gasteiger partial charge is 0.307 e. The van der Waals surface area contributed by atoms with Crippen LogP contribution in [0.3, 0.4) is 0 Å². The number of carboxylic acids is 1. The van der Waals surface area contributed by atoms with Gasteiger partial charge in [0.1, 0.15) is 0 Å². The Balaban J connectivity index is 2.00. The molecule has 0 aromatic heterocycles. The molecular weight excluding hydrogens is 390 g/mol. The third-order valence-corrected chi connectivity index (χ3v) is 5.53. The standard InChI is InChI=1S/C19H19BrClNO2/c20-17-6-2-1-5-16(17)18(13-7-9-15(21)10-8-13)22-11-3-4-14(12-22)19(23)24/h1-2,5-10,14,18H,3-4,11-12H2,(H,23,24). The molecule has 24 heavy (non-hydrogen) atoms. The molecule has 3 rings (SSSR count). The lowest BCUT2D eigenvalue weighted by Gasteiger charge is -2.38. The van der Waals surface area contributed by atoms with Gasteiger partial charge in [0.15, 0.2) is 0 Å². The summed E-state index contributed by atoms with van der Waals surface area (Å²) >= 11 is 9.69. The summed E-state index contributed by atoms with van der Waals surface area (Å²) in [4.78, 5) is 13.7. The van der Waals surface area contributed by atoms with Gasteiger partial charge in [0.2, 0.25) is 0 Å². The van der Waals surface area contributed by atoms with E-state index in [9.17, 15) is 9.90 Å². The highest BCUT2D eigenvalue weighted by atomic mass is 79.9. The van der Waals surface area contributed by atoms with Gasteiger partial charge in [0, 0.05) is 16.0 Å². The van der Waals surface area contributed by atoms with Crippen LogP contribution >= 0.6 is 27.5 Å². The maximum atomic E-state index is 11.5. The number of nitrogens with zero attached hydrogens (tertiary/aromatic N) is 1. The highest BCUT2D eigenvalue weighted by molar-refractivity contribution is 9.10. The molecule has 5 heteroatoms. The fraction of sp³-hybridized carbons (Fsp3) is 0.316. The molecule has 0 radical (unpaired) electrons. The van der Waals surface area contributed by atoms with Gasteiger partial charge >= 0.3 is 5.97 Å². The number of benzene rings is 2. The van der Waals surface area contributed by atoms with E-state index in [2.05, 4.69) is 26.9 Å². The number of carbonyl (C=O) groups is 1. The number of piperidine rings is 1. The molecule has 2 aromatic rings. The fourth-order valence-corrected chi connectivity index (χ4v) is 4.00. The van der Waals surface area contributed by atoms with Crippen molar-refractivity contribution in [3.8, 4) is 0 Å². The lowest BCUT2D eigenvalue weighted by atomic mass is 9.91. The Bertz CT molecular complexity index is 720. The predicted octanol–water partition coefficient (Wildman–Crippen LogP) is 4.99. The molecule has 1 heterocycles. The maximum Gasteiger partial charge on any atom is 0.307 e. The van der Waals surface area contributed by atoms with Crippen LogP contribution in [0.15, 0.2) is 53.0 Å². The lowest BCUT2D eigenvalue weighted by molar-refractivity contribution is -0.143. The van der Waals surface area contributed by atoms with Crippen molar-refractivity contribution in [3.63, 3.8) is 0 Å². The van der Waals surface area contributed by atoms with Gasteiger partial charge in [-0.25, -0.2) is 0 Å². The quantitative estimate of drug-likeness (QED) is 0.775.